The van der Waals surface area contributed by atoms with Gasteiger partial charge in [0.2, 0.25) is 0 Å². The second kappa shape index (κ2) is 14.8. The first-order chi connectivity index (χ1) is 12.3. The molecule has 2 nitrogen and oxygen atoms in total. The molecule has 0 heterocycles. The van der Waals surface area contributed by atoms with Crippen molar-refractivity contribution in [1.82, 2.24) is 0 Å². The van der Waals surface area contributed by atoms with Gasteiger partial charge in [-0.05, 0) is 17.9 Å². The molecule has 0 aliphatic heterocycles. The standard InChI is InChI=1S/C23H32O2.K.H/c1-2-3-4-5-6-7-8-9-10-11-19-23(24)25-22-18-14-16-20-15-12-13-17-21(20)22;;/h12-18H,2-11,19H2,1H3;;. The van der Waals surface area contributed by atoms with Gasteiger partial charge >= 0.3 is 57.4 Å². The Kier molecular flexibility index (Phi) is 13.6. The maximum absolute atomic E-state index is 12.1. The molecule has 0 aliphatic rings. The molecular formula is C23H33KO2. The molecule has 0 aromatic heterocycles. The third-order valence-electron chi connectivity index (χ3n) is 4.71. The molecular weight excluding hydrogens is 347 g/mol. The van der Waals surface area contributed by atoms with Crippen LogP contribution in [0, 0.1) is 0 Å². The molecule has 0 N–H and O–H groups in total. The van der Waals surface area contributed by atoms with Crippen LogP contribution in [0.15, 0.2) is 42.5 Å². The van der Waals surface area contributed by atoms with Gasteiger partial charge < -0.3 is 4.74 Å². The zero-order valence-corrected chi connectivity index (χ0v) is 15.6. The number of unbranched alkanes of at least 4 members (excludes halogenated alkanes) is 9. The molecule has 0 bridgehead atoms. The van der Waals surface area contributed by atoms with Crippen molar-refractivity contribution in [2.75, 3.05) is 0 Å². The Labute approximate surface area is 201 Å². The summed E-state index contributed by atoms with van der Waals surface area (Å²) in [7, 11) is 0. The fraction of sp³-hybridized carbons (Fsp3) is 0.522. The van der Waals surface area contributed by atoms with Gasteiger partial charge in [0.05, 0.1) is 0 Å². The molecule has 0 radical (unpaired) electrons. The van der Waals surface area contributed by atoms with Crippen molar-refractivity contribution in [3.8, 4) is 5.75 Å². The summed E-state index contributed by atoms with van der Waals surface area (Å²) in [5.41, 5.74) is 0. The van der Waals surface area contributed by atoms with Crippen LogP contribution in [0.1, 0.15) is 77.6 Å². The Bertz CT molecular complexity index is 634. The van der Waals surface area contributed by atoms with Gasteiger partial charge in [0.25, 0.3) is 0 Å². The van der Waals surface area contributed by atoms with Crippen LogP contribution < -0.4 is 4.74 Å². The summed E-state index contributed by atoms with van der Waals surface area (Å²) in [6.07, 6.45) is 13.3. The number of carbonyl (C=O) groups excluding carboxylic acids is 1. The van der Waals surface area contributed by atoms with Crippen molar-refractivity contribution in [3.05, 3.63) is 42.5 Å². The molecule has 0 atom stereocenters. The van der Waals surface area contributed by atoms with Gasteiger partial charge in [-0.25, -0.2) is 0 Å². The van der Waals surface area contributed by atoms with Crippen molar-refractivity contribution in [2.24, 2.45) is 0 Å². The molecule has 0 unspecified atom stereocenters. The Morgan fingerprint density at radius 2 is 1.35 bits per heavy atom. The number of fused-ring (bicyclic) bond motifs is 1. The molecule has 0 saturated carbocycles. The average Bonchev–Trinajstić information content (AvgIpc) is 2.63. The van der Waals surface area contributed by atoms with Crippen LogP contribution in [-0.2, 0) is 4.79 Å². The third kappa shape index (κ3) is 9.14. The molecule has 3 heteroatoms. The van der Waals surface area contributed by atoms with Crippen LogP contribution in [0.3, 0.4) is 0 Å². The van der Waals surface area contributed by atoms with E-state index in [1.54, 1.807) is 0 Å². The van der Waals surface area contributed by atoms with Crippen LogP contribution in [0.2, 0.25) is 0 Å². The number of carbonyl (C=O) groups is 1. The van der Waals surface area contributed by atoms with Crippen LogP contribution >= 0.6 is 0 Å². The summed E-state index contributed by atoms with van der Waals surface area (Å²) in [6.45, 7) is 2.26. The van der Waals surface area contributed by atoms with Gasteiger partial charge in [-0.3, -0.25) is 4.79 Å². The van der Waals surface area contributed by atoms with Crippen LogP contribution in [0.25, 0.3) is 10.8 Å². The van der Waals surface area contributed by atoms with Gasteiger partial charge in [0.1, 0.15) is 5.75 Å². The van der Waals surface area contributed by atoms with Crippen molar-refractivity contribution >= 4 is 68.1 Å². The zero-order valence-electron chi connectivity index (χ0n) is 15.6. The predicted octanol–water partition coefficient (Wildman–Crippen LogP) is 6.41. The molecule has 26 heavy (non-hydrogen) atoms. The number of rotatable bonds is 12. The second-order valence-electron chi connectivity index (χ2n) is 6.88. The quantitative estimate of drug-likeness (QED) is 0.184. The normalized spacial score (nSPS) is 10.5. The van der Waals surface area contributed by atoms with Gasteiger partial charge in [0.15, 0.2) is 0 Å². The summed E-state index contributed by atoms with van der Waals surface area (Å²) in [5.74, 6) is 0.561. The summed E-state index contributed by atoms with van der Waals surface area (Å²) < 4.78 is 5.57. The molecule has 2 aromatic rings. The van der Waals surface area contributed by atoms with Crippen LogP contribution in [0.4, 0.5) is 0 Å². The minimum atomic E-state index is -0.115. The van der Waals surface area contributed by atoms with Gasteiger partial charge in [-0.15, -0.1) is 0 Å². The van der Waals surface area contributed by atoms with E-state index < -0.39 is 0 Å². The van der Waals surface area contributed by atoms with Crippen molar-refractivity contribution < 1.29 is 9.53 Å². The molecule has 0 saturated heterocycles. The Morgan fingerprint density at radius 3 is 2.04 bits per heavy atom. The summed E-state index contributed by atoms with van der Waals surface area (Å²) in [5, 5.41) is 2.10. The molecule has 2 aromatic carbocycles. The van der Waals surface area contributed by atoms with E-state index in [0.717, 1.165) is 23.6 Å². The molecule has 2 rings (SSSR count). The number of hydrogen-bond acceptors (Lipinski definition) is 2. The Balaban J connectivity index is 0.00000338. The van der Waals surface area contributed by atoms with Gasteiger partial charge in [-0.2, -0.15) is 0 Å². The van der Waals surface area contributed by atoms with E-state index >= 15 is 0 Å². The minimum absolute atomic E-state index is 0. The number of esters is 1. The van der Waals surface area contributed by atoms with E-state index in [9.17, 15) is 4.79 Å². The Hall–Kier alpha value is -0.194. The van der Waals surface area contributed by atoms with Crippen molar-refractivity contribution in [3.63, 3.8) is 0 Å². The third-order valence-corrected chi connectivity index (χ3v) is 4.71. The maximum atomic E-state index is 12.1. The van der Waals surface area contributed by atoms with Crippen molar-refractivity contribution in [1.29, 1.82) is 0 Å². The SMILES string of the molecule is CCCCCCCCCCCCC(=O)Oc1cccc2ccccc12.[KH]. The average molecular weight is 381 g/mol. The summed E-state index contributed by atoms with van der Waals surface area (Å²) in [4.78, 5) is 12.1. The van der Waals surface area contributed by atoms with E-state index in [0.29, 0.717) is 12.2 Å². The first-order valence-corrected chi connectivity index (χ1v) is 9.99. The van der Waals surface area contributed by atoms with E-state index in [1.165, 1.54) is 51.4 Å². The Morgan fingerprint density at radius 1 is 0.769 bits per heavy atom. The fourth-order valence-electron chi connectivity index (χ4n) is 3.22. The van der Waals surface area contributed by atoms with E-state index in [4.69, 9.17) is 4.74 Å². The van der Waals surface area contributed by atoms with Crippen LogP contribution in [-0.4, -0.2) is 57.4 Å². The molecule has 0 amide bonds. The first kappa shape index (κ1) is 23.8. The summed E-state index contributed by atoms with van der Waals surface area (Å²) >= 11 is 0. The summed E-state index contributed by atoms with van der Waals surface area (Å²) in [6, 6.07) is 13.9. The molecule has 138 valence electrons. The van der Waals surface area contributed by atoms with Crippen molar-refractivity contribution in [2.45, 2.75) is 77.6 Å². The van der Waals surface area contributed by atoms with E-state index in [2.05, 4.69) is 6.92 Å². The molecule has 0 spiro atoms. The predicted molar refractivity (Wildman–Crippen MR) is 113 cm³/mol. The van der Waals surface area contributed by atoms with E-state index in [-0.39, 0.29) is 57.4 Å². The van der Waals surface area contributed by atoms with Gasteiger partial charge in [-0.1, -0.05) is 101 Å². The van der Waals surface area contributed by atoms with E-state index in [1.807, 2.05) is 42.5 Å². The molecule has 0 fully saturated rings. The van der Waals surface area contributed by atoms with Crippen LogP contribution in [0.5, 0.6) is 5.75 Å². The molecule has 0 aliphatic carbocycles. The number of benzene rings is 2. The first-order valence-electron chi connectivity index (χ1n) is 9.99. The number of ether oxygens (including phenoxy) is 1. The topological polar surface area (TPSA) is 26.3 Å². The number of hydrogen-bond donors (Lipinski definition) is 0. The van der Waals surface area contributed by atoms with Gasteiger partial charge in [0, 0.05) is 11.8 Å². The fourth-order valence-corrected chi connectivity index (χ4v) is 3.22. The monoisotopic (exact) mass is 380 g/mol. The zero-order chi connectivity index (χ0) is 17.7. The second-order valence-corrected chi connectivity index (χ2v) is 6.88.